The first-order valence-corrected chi connectivity index (χ1v) is 11.7. The average Bonchev–Trinajstić information content (AvgIpc) is 3.50. The monoisotopic (exact) mass is 408 g/mol. The molecule has 0 amide bonds. The SMILES string of the molecule is Cc1cc([C@H]2[C@H](c3ccccn3)NC(=S)N2C2CCCC2)c(C)n1C1CCCC1. The van der Waals surface area contributed by atoms with Crippen LogP contribution < -0.4 is 5.32 Å². The molecule has 5 heteroatoms. The molecule has 3 fully saturated rings. The fraction of sp³-hybridized carbons (Fsp3) is 0.583. The van der Waals surface area contributed by atoms with E-state index in [2.05, 4.69) is 46.8 Å². The van der Waals surface area contributed by atoms with E-state index in [1.54, 1.807) is 0 Å². The molecule has 1 N–H and O–H groups in total. The summed E-state index contributed by atoms with van der Waals surface area (Å²) in [4.78, 5) is 7.24. The summed E-state index contributed by atoms with van der Waals surface area (Å²) in [6.07, 6.45) is 12.4. The van der Waals surface area contributed by atoms with Crippen LogP contribution in [0, 0.1) is 13.8 Å². The minimum atomic E-state index is 0.113. The second kappa shape index (κ2) is 7.75. The van der Waals surface area contributed by atoms with Gasteiger partial charge >= 0.3 is 0 Å². The Morgan fingerprint density at radius 3 is 2.34 bits per heavy atom. The molecule has 2 aliphatic carbocycles. The van der Waals surface area contributed by atoms with E-state index < -0.39 is 0 Å². The fourth-order valence-electron chi connectivity index (χ4n) is 6.10. The number of rotatable bonds is 4. The Balaban J connectivity index is 1.59. The van der Waals surface area contributed by atoms with Gasteiger partial charge in [0.2, 0.25) is 0 Å². The van der Waals surface area contributed by atoms with Crippen molar-refractivity contribution in [1.29, 1.82) is 0 Å². The highest BCUT2D eigenvalue weighted by Gasteiger charge is 2.45. The van der Waals surface area contributed by atoms with Gasteiger partial charge in [-0.15, -0.1) is 0 Å². The second-order valence-electron chi connectivity index (χ2n) is 9.11. The van der Waals surface area contributed by atoms with Crippen molar-refractivity contribution in [2.45, 2.75) is 89.4 Å². The molecule has 0 radical (unpaired) electrons. The molecule has 2 atom stereocenters. The second-order valence-corrected chi connectivity index (χ2v) is 9.49. The van der Waals surface area contributed by atoms with Crippen molar-refractivity contribution >= 4 is 17.3 Å². The van der Waals surface area contributed by atoms with Gasteiger partial charge in [0.05, 0.1) is 17.8 Å². The highest BCUT2D eigenvalue weighted by molar-refractivity contribution is 7.80. The lowest BCUT2D eigenvalue weighted by atomic mass is 9.95. The third-order valence-corrected chi connectivity index (χ3v) is 7.71. The molecule has 1 aliphatic heterocycles. The summed E-state index contributed by atoms with van der Waals surface area (Å²) in [7, 11) is 0. The van der Waals surface area contributed by atoms with Crippen molar-refractivity contribution in [3.05, 3.63) is 53.1 Å². The lowest BCUT2D eigenvalue weighted by Gasteiger charge is -2.33. The zero-order valence-electron chi connectivity index (χ0n) is 17.6. The van der Waals surface area contributed by atoms with Gasteiger partial charge in [0, 0.05) is 29.7 Å². The summed E-state index contributed by atoms with van der Waals surface area (Å²) in [6, 6.07) is 10.2. The van der Waals surface area contributed by atoms with E-state index in [1.807, 2.05) is 12.3 Å². The normalized spacial score (nSPS) is 25.9. The van der Waals surface area contributed by atoms with E-state index in [-0.39, 0.29) is 12.1 Å². The highest BCUT2D eigenvalue weighted by atomic mass is 32.1. The summed E-state index contributed by atoms with van der Waals surface area (Å²) in [6.45, 7) is 4.61. The van der Waals surface area contributed by atoms with Crippen molar-refractivity contribution in [1.82, 2.24) is 19.8 Å². The van der Waals surface area contributed by atoms with Crippen LogP contribution in [0.1, 0.15) is 92.1 Å². The van der Waals surface area contributed by atoms with Crippen molar-refractivity contribution < 1.29 is 0 Å². The molecule has 154 valence electrons. The number of pyridine rings is 1. The molecule has 2 aromatic rings. The molecular weight excluding hydrogens is 376 g/mol. The first-order valence-electron chi connectivity index (χ1n) is 11.3. The molecule has 3 aliphatic rings. The van der Waals surface area contributed by atoms with E-state index in [0.717, 1.165) is 10.8 Å². The Hall–Kier alpha value is -1.88. The van der Waals surface area contributed by atoms with Crippen LogP contribution in [0.5, 0.6) is 0 Å². The van der Waals surface area contributed by atoms with Crippen LogP contribution in [0.15, 0.2) is 30.5 Å². The number of aryl methyl sites for hydroxylation is 1. The Bertz CT molecular complexity index is 878. The van der Waals surface area contributed by atoms with Gasteiger partial charge in [0.1, 0.15) is 0 Å². The molecule has 0 spiro atoms. The van der Waals surface area contributed by atoms with Gasteiger partial charge in [-0.2, -0.15) is 0 Å². The summed E-state index contributed by atoms with van der Waals surface area (Å²) in [5.74, 6) is 0. The Morgan fingerprint density at radius 2 is 1.69 bits per heavy atom. The molecular formula is C24H32N4S. The van der Waals surface area contributed by atoms with Crippen LogP contribution in [0.2, 0.25) is 0 Å². The Kier molecular flexibility index (Phi) is 5.10. The van der Waals surface area contributed by atoms with Crippen molar-refractivity contribution in [2.75, 3.05) is 0 Å². The third-order valence-electron chi connectivity index (χ3n) is 7.39. The van der Waals surface area contributed by atoms with E-state index in [4.69, 9.17) is 17.2 Å². The minimum absolute atomic E-state index is 0.113. The topological polar surface area (TPSA) is 33.1 Å². The van der Waals surface area contributed by atoms with E-state index in [9.17, 15) is 0 Å². The van der Waals surface area contributed by atoms with Crippen LogP contribution in [0.3, 0.4) is 0 Å². The maximum atomic E-state index is 5.90. The molecule has 4 nitrogen and oxygen atoms in total. The molecule has 1 saturated heterocycles. The van der Waals surface area contributed by atoms with Crippen LogP contribution in [0.4, 0.5) is 0 Å². The van der Waals surface area contributed by atoms with Gasteiger partial charge in [-0.3, -0.25) is 4.98 Å². The molecule has 29 heavy (non-hydrogen) atoms. The zero-order chi connectivity index (χ0) is 20.0. The van der Waals surface area contributed by atoms with Crippen LogP contribution in [-0.2, 0) is 0 Å². The van der Waals surface area contributed by atoms with Crippen molar-refractivity contribution in [3.63, 3.8) is 0 Å². The highest BCUT2D eigenvalue weighted by Crippen LogP contribution is 2.45. The number of hydrogen-bond donors (Lipinski definition) is 1. The maximum absolute atomic E-state index is 5.90. The van der Waals surface area contributed by atoms with E-state index in [1.165, 1.54) is 68.3 Å². The molecule has 2 saturated carbocycles. The molecule has 5 rings (SSSR count). The van der Waals surface area contributed by atoms with Crippen LogP contribution >= 0.6 is 12.2 Å². The molecule has 0 unspecified atom stereocenters. The van der Waals surface area contributed by atoms with Gasteiger partial charge in [0.15, 0.2) is 5.11 Å². The lowest BCUT2D eigenvalue weighted by Crippen LogP contribution is -2.37. The largest absolute Gasteiger partial charge is 0.352 e. The smallest absolute Gasteiger partial charge is 0.170 e. The first-order chi connectivity index (χ1) is 14.1. The summed E-state index contributed by atoms with van der Waals surface area (Å²) in [5.41, 5.74) is 5.35. The number of nitrogens with zero attached hydrogens (tertiary/aromatic N) is 3. The van der Waals surface area contributed by atoms with Crippen molar-refractivity contribution in [2.24, 2.45) is 0 Å². The molecule has 0 bridgehead atoms. The fourth-order valence-corrected chi connectivity index (χ4v) is 6.49. The third kappa shape index (κ3) is 3.27. The van der Waals surface area contributed by atoms with Gasteiger partial charge in [-0.05, 0) is 75.5 Å². The Morgan fingerprint density at radius 1 is 1.00 bits per heavy atom. The average molecular weight is 409 g/mol. The predicted octanol–water partition coefficient (Wildman–Crippen LogP) is 5.53. The van der Waals surface area contributed by atoms with Crippen molar-refractivity contribution in [3.8, 4) is 0 Å². The van der Waals surface area contributed by atoms with Crippen LogP contribution in [0.25, 0.3) is 0 Å². The van der Waals surface area contributed by atoms with Gasteiger partial charge in [-0.1, -0.05) is 31.7 Å². The minimum Gasteiger partial charge on any atom is -0.352 e. The van der Waals surface area contributed by atoms with Crippen LogP contribution in [-0.4, -0.2) is 25.6 Å². The molecule has 0 aromatic carbocycles. The van der Waals surface area contributed by atoms with Gasteiger partial charge in [-0.25, -0.2) is 0 Å². The Labute approximate surface area is 179 Å². The van der Waals surface area contributed by atoms with Gasteiger partial charge in [0.25, 0.3) is 0 Å². The quantitative estimate of drug-likeness (QED) is 0.674. The number of thiocarbonyl (C=S) groups is 1. The standard InChI is InChI=1S/C24H32N4S/c1-16-15-20(17(2)27(16)18-9-3-4-10-18)23-22(21-13-7-8-14-25-21)26-24(29)28(23)19-11-5-6-12-19/h7-8,13-15,18-19,22-23H,3-6,9-12H2,1-2H3,(H,26,29)/t22-,23-/m0/s1. The maximum Gasteiger partial charge on any atom is 0.170 e. The predicted molar refractivity (Wildman–Crippen MR) is 121 cm³/mol. The van der Waals surface area contributed by atoms with E-state index >= 15 is 0 Å². The zero-order valence-corrected chi connectivity index (χ0v) is 18.4. The first kappa shape index (κ1) is 19.1. The van der Waals surface area contributed by atoms with Gasteiger partial charge < -0.3 is 14.8 Å². The summed E-state index contributed by atoms with van der Waals surface area (Å²) >= 11 is 5.90. The van der Waals surface area contributed by atoms with E-state index in [0.29, 0.717) is 12.1 Å². The number of hydrogen-bond acceptors (Lipinski definition) is 2. The molecule has 2 aromatic heterocycles. The number of nitrogens with one attached hydrogen (secondary N) is 1. The lowest BCUT2D eigenvalue weighted by molar-refractivity contribution is 0.244. The summed E-state index contributed by atoms with van der Waals surface area (Å²) < 4.78 is 2.62. The molecule has 3 heterocycles. The number of aromatic nitrogens is 2. The summed E-state index contributed by atoms with van der Waals surface area (Å²) in [5, 5.41) is 4.56.